The second-order valence-electron chi connectivity index (χ2n) is 6.76. The van der Waals surface area contributed by atoms with Crippen LogP contribution in [0.15, 0.2) is 72.9 Å². The molecule has 30 heavy (non-hydrogen) atoms. The summed E-state index contributed by atoms with van der Waals surface area (Å²) >= 11 is 0. The maximum Gasteiger partial charge on any atom is 0.315 e. The van der Waals surface area contributed by atoms with Crippen molar-refractivity contribution in [2.75, 3.05) is 13.7 Å². The third kappa shape index (κ3) is 4.41. The fourth-order valence-corrected chi connectivity index (χ4v) is 3.29. The van der Waals surface area contributed by atoms with Crippen molar-refractivity contribution in [2.24, 2.45) is 0 Å². The van der Waals surface area contributed by atoms with Crippen LogP contribution in [0.4, 0.5) is 4.79 Å². The molecule has 0 atom stereocenters. The van der Waals surface area contributed by atoms with Crippen LogP contribution in [-0.4, -0.2) is 34.2 Å². The van der Waals surface area contributed by atoms with Gasteiger partial charge >= 0.3 is 6.03 Å². The van der Waals surface area contributed by atoms with Crippen LogP contribution in [0.3, 0.4) is 0 Å². The van der Waals surface area contributed by atoms with Crippen molar-refractivity contribution in [3.8, 4) is 17.1 Å². The molecule has 2 aromatic carbocycles. The van der Waals surface area contributed by atoms with Crippen molar-refractivity contribution in [1.82, 2.24) is 25.2 Å². The van der Waals surface area contributed by atoms with Crippen molar-refractivity contribution in [1.29, 1.82) is 0 Å². The number of benzene rings is 2. The van der Waals surface area contributed by atoms with E-state index >= 15 is 0 Å². The Morgan fingerprint density at radius 3 is 2.73 bits per heavy atom. The molecule has 7 nitrogen and oxygen atoms in total. The van der Waals surface area contributed by atoms with Gasteiger partial charge in [-0.15, -0.1) is 0 Å². The van der Waals surface area contributed by atoms with Gasteiger partial charge in [-0.05, 0) is 29.8 Å². The largest absolute Gasteiger partial charge is 0.497 e. The minimum absolute atomic E-state index is 0.225. The molecule has 7 heteroatoms. The summed E-state index contributed by atoms with van der Waals surface area (Å²) in [6, 6.07) is 21.2. The van der Waals surface area contributed by atoms with Crippen molar-refractivity contribution < 1.29 is 9.53 Å². The van der Waals surface area contributed by atoms with Crippen LogP contribution in [0, 0.1) is 0 Å². The summed E-state index contributed by atoms with van der Waals surface area (Å²) in [5.41, 5.74) is 3.62. The Hall–Kier alpha value is -3.87. The second kappa shape index (κ2) is 9.09. The van der Waals surface area contributed by atoms with Crippen LogP contribution in [0.2, 0.25) is 0 Å². The van der Waals surface area contributed by atoms with Gasteiger partial charge < -0.3 is 19.9 Å². The van der Waals surface area contributed by atoms with Crippen molar-refractivity contribution in [2.45, 2.75) is 13.1 Å². The summed E-state index contributed by atoms with van der Waals surface area (Å²) in [6.45, 7) is 1.43. The molecule has 4 rings (SSSR count). The molecule has 0 spiro atoms. The second-order valence-corrected chi connectivity index (χ2v) is 6.76. The maximum absolute atomic E-state index is 12.2. The van der Waals surface area contributed by atoms with Gasteiger partial charge in [0.2, 0.25) is 0 Å². The molecule has 0 aliphatic carbocycles. The number of hydrogen-bond donors (Lipinski definition) is 2. The van der Waals surface area contributed by atoms with Crippen LogP contribution in [0.25, 0.3) is 22.6 Å². The quantitative estimate of drug-likeness (QED) is 0.496. The first-order valence-electron chi connectivity index (χ1n) is 9.76. The number of imidazole rings is 1. The third-order valence-corrected chi connectivity index (χ3v) is 4.74. The number of carbonyl (C=O) groups is 1. The fraction of sp³-hybridized carbons (Fsp3) is 0.174. The lowest BCUT2D eigenvalue weighted by atomic mass is 10.2. The zero-order valence-corrected chi connectivity index (χ0v) is 16.7. The molecule has 2 heterocycles. The molecule has 0 aliphatic rings. The van der Waals surface area contributed by atoms with Gasteiger partial charge in [0.1, 0.15) is 17.1 Å². The smallest absolute Gasteiger partial charge is 0.315 e. The predicted molar refractivity (Wildman–Crippen MR) is 116 cm³/mol. The van der Waals surface area contributed by atoms with Crippen LogP contribution in [0.5, 0.6) is 5.75 Å². The Kier molecular flexibility index (Phi) is 5.89. The molecule has 0 bridgehead atoms. The van der Waals surface area contributed by atoms with Crippen molar-refractivity contribution >= 4 is 17.2 Å². The molecule has 2 N–H and O–H groups in total. The highest BCUT2D eigenvalue weighted by Crippen LogP contribution is 2.23. The van der Waals surface area contributed by atoms with Crippen LogP contribution in [-0.2, 0) is 13.1 Å². The first-order chi connectivity index (χ1) is 14.7. The molecule has 0 saturated heterocycles. The topological polar surface area (TPSA) is 81.1 Å². The summed E-state index contributed by atoms with van der Waals surface area (Å²) in [6.07, 6.45) is 1.75. The number of nitrogens with zero attached hydrogens (tertiary/aromatic N) is 3. The number of pyridine rings is 1. The van der Waals surface area contributed by atoms with Crippen molar-refractivity contribution in [3.63, 3.8) is 0 Å². The van der Waals surface area contributed by atoms with Gasteiger partial charge in [0.25, 0.3) is 0 Å². The van der Waals surface area contributed by atoms with Crippen LogP contribution < -0.4 is 15.4 Å². The molecule has 2 aromatic heterocycles. The van der Waals surface area contributed by atoms with E-state index in [2.05, 4.69) is 15.6 Å². The van der Waals surface area contributed by atoms with E-state index in [9.17, 15) is 4.79 Å². The zero-order valence-electron chi connectivity index (χ0n) is 16.7. The molecule has 0 saturated carbocycles. The van der Waals surface area contributed by atoms with Crippen LogP contribution >= 0.6 is 0 Å². The summed E-state index contributed by atoms with van der Waals surface area (Å²) in [4.78, 5) is 21.4. The lowest BCUT2D eigenvalue weighted by Gasteiger charge is -2.11. The average molecular weight is 401 g/mol. The molecule has 0 aliphatic heterocycles. The first kappa shape index (κ1) is 19.4. The molecule has 0 radical (unpaired) electrons. The Morgan fingerprint density at radius 2 is 1.90 bits per heavy atom. The molecule has 152 valence electrons. The summed E-state index contributed by atoms with van der Waals surface area (Å²) < 4.78 is 7.24. The number of amides is 2. The Labute approximate surface area is 174 Å². The number of methoxy groups -OCH3 is 1. The highest BCUT2D eigenvalue weighted by molar-refractivity contribution is 5.77. The SMILES string of the molecule is COc1cccc(CNC(=O)NCCn2c(-c3ccccc3)nc3cccnc32)c1. The summed E-state index contributed by atoms with van der Waals surface area (Å²) in [5, 5.41) is 5.77. The average Bonchev–Trinajstić information content (AvgIpc) is 3.17. The Bertz CT molecular complexity index is 1140. The number of hydrogen-bond acceptors (Lipinski definition) is 4. The van der Waals surface area contributed by atoms with E-state index in [1.165, 1.54) is 0 Å². The van der Waals surface area contributed by atoms with E-state index < -0.39 is 0 Å². The molecule has 4 aromatic rings. The first-order valence-corrected chi connectivity index (χ1v) is 9.76. The van der Waals surface area contributed by atoms with E-state index in [1.807, 2.05) is 71.3 Å². The van der Waals surface area contributed by atoms with Gasteiger partial charge in [-0.3, -0.25) is 0 Å². The van der Waals surface area contributed by atoms with E-state index in [4.69, 9.17) is 9.72 Å². The Balaban J connectivity index is 1.40. The predicted octanol–water partition coefficient (Wildman–Crippen LogP) is 3.61. The zero-order chi connectivity index (χ0) is 20.8. The number of carbonyl (C=O) groups excluding carboxylic acids is 1. The molecule has 0 fully saturated rings. The van der Waals surface area contributed by atoms with Gasteiger partial charge in [0.05, 0.1) is 7.11 Å². The molecule has 0 unspecified atom stereocenters. The Morgan fingerprint density at radius 1 is 1.03 bits per heavy atom. The highest BCUT2D eigenvalue weighted by atomic mass is 16.5. The highest BCUT2D eigenvalue weighted by Gasteiger charge is 2.13. The minimum Gasteiger partial charge on any atom is -0.497 e. The summed E-state index contributed by atoms with van der Waals surface area (Å²) in [7, 11) is 1.62. The van der Waals surface area contributed by atoms with E-state index in [0.29, 0.717) is 19.6 Å². The van der Waals surface area contributed by atoms with Gasteiger partial charge in [-0.2, -0.15) is 0 Å². The van der Waals surface area contributed by atoms with Gasteiger partial charge in [-0.1, -0.05) is 42.5 Å². The maximum atomic E-state index is 12.2. The van der Waals surface area contributed by atoms with Gasteiger partial charge in [0, 0.05) is 31.4 Å². The number of rotatable bonds is 7. The number of ether oxygens (including phenoxy) is 1. The van der Waals surface area contributed by atoms with Gasteiger partial charge in [0.15, 0.2) is 5.65 Å². The molecular formula is C23H23N5O2. The molecular weight excluding hydrogens is 378 g/mol. The van der Waals surface area contributed by atoms with E-state index in [-0.39, 0.29) is 6.03 Å². The number of urea groups is 1. The number of aromatic nitrogens is 3. The monoisotopic (exact) mass is 401 g/mol. The van der Waals surface area contributed by atoms with Crippen molar-refractivity contribution in [3.05, 3.63) is 78.5 Å². The van der Waals surface area contributed by atoms with Gasteiger partial charge in [-0.25, -0.2) is 14.8 Å². The fourth-order valence-electron chi connectivity index (χ4n) is 3.29. The van der Waals surface area contributed by atoms with Crippen LogP contribution in [0.1, 0.15) is 5.56 Å². The third-order valence-electron chi connectivity index (χ3n) is 4.74. The number of fused-ring (bicyclic) bond motifs is 1. The standard InChI is InChI=1S/C23H23N5O2/c1-30-19-10-5-7-17(15-19)16-26-23(29)25-13-14-28-21(18-8-3-2-4-9-18)27-20-11-6-12-24-22(20)28/h2-12,15H,13-14,16H2,1H3,(H2,25,26,29). The number of nitrogens with one attached hydrogen (secondary N) is 2. The van der Waals surface area contributed by atoms with E-state index in [1.54, 1.807) is 13.3 Å². The minimum atomic E-state index is -0.225. The summed E-state index contributed by atoms with van der Waals surface area (Å²) in [5.74, 6) is 1.60. The lowest BCUT2D eigenvalue weighted by molar-refractivity contribution is 0.240. The van der Waals surface area contributed by atoms with E-state index in [0.717, 1.165) is 33.9 Å². The molecule has 2 amide bonds. The normalized spacial score (nSPS) is 10.7. The lowest BCUT2D eigenvalue weighted by Crippen LogP contribution is -2.36.